The van der Waals surface area contributed by atoms with Crippen molar-refractivity contribution in [1.29, 1.82) is 0 Å². The summed E-state index contributed by atoms with van der Waals surface area (Å²) in [4.78, 5) is 35.4. The molecule has 0 aromatic heterocycles. The molecule has 2 saturated heterocycles. The van der Waals surface area contributed by atoms with Gasteiger partial charge in [-0.3, -0.25) is 14.4 Å². The molecule has 1 unspecified atom stereocenters. The molecule has 0 bridgehead atoms. The van der Waals surface area contributed by atoms with Crippen molar-refractivity contribution in [3.8, 4) is 0 Å². The highest BCUT2D eigenvalue weighted by Crippen LogP contribution is 2.54. The minimum absolute atomic E-state index is 0.333. The van der Waals surface area contributed by atoms with Crippen LogP contribution in [0.15, 0.2) is 0 Å². The molecule has 2 fully saturated rings. The van der Waals surface area contributed by atoms with E-state index < -0.39 is 33.2 Å². The van der Waals surface area contributed by atoms with E-state index in [-0.39, 0.29) is 0 Å². The van der Waals surface area contributed by atoms with Gasteiger partial charge in [0.2, 0.25) is 0 Å². The summed E-state index contributed by atoms with van der Waals surface area (Å²) in [6.45, 7) is 4.80. The monoisotopic (exact) mass is 320 g/mol. The second kappa shape index (κ2) is 5.48. The number of ether oxygens (including phenoxy) is 3. The van der Waals surface area contributed by atoms with Crippen molar-refractivity contribution >= 4 is 41.4 Å². The number of carbonyl (C=O) groups is 3. The van der Waals surface area contributed by atoms with Crippen molar-refractivity contribution in [2.75, 3.05) is 5.75 Å². The fraction of sp³-hybridized carbons (Fsp3) is 0.750. The molecule has 0 N–H and O–H groups in total. The van der Waals surface area contributed by atoms with Gasteiger partial charge >= 0.3 is 22.4 Å². The standard InChI is InChI=1S/C12H16O6S2/c1-4-11(5-2)9(14)17-12(18-10(11)15)19-6-8(20-12)16-7(3)13/h8H,4-6H2,1-3H3. The van der Waals surface area contributed by atoms with Crippen molar-refractivity contribution in [3.63, 3.8) is 0 Å². The van der Waals surface area contributed by atoms with Gasteiger partial charge in [0, 0.05) is 12.7 Å². The first kappa shape index (κ1) is 15.5. The molecule has 2 aliphatic rings. The van der Waals surface area contributed by atoms with Crippen molar-refractivity contribution in [1.82, 2.24) is 0 Å². The van der Waals surface area contributed by atoms with Crippen molar-refractivity contribution in [3.05, 3.63) is 0 Å². The van der Waals surface area contributed by atoms with Crippen LogP contribution in [0.25, 0.3) is 0 Å². The van der Waals surface area contributed by atoms with Gasteiger partial charge in [0.15, 0.2) is 10.9 Å². The first-order chi connectivity index (χ1) is 9.37. The predicted molar refractivity (Wildman–Crippen MR) is 73.5 cm³/mol. The minimum Gasteiger partial charge on any atom is -0.450 e. The summed E-state index contributed by atoms with van der Waals surface area (Å²) in [5.41, 5.74) is -1.71. The van der Waals surface area contributed by atoms with Crippen LogP contribution >= 0.6 is 23.5 Å². The maximum absolute atomic E-state index is 12.2. The molecule has 0 radical (unpaired) electrons. The van der Waals surface area contributed by atoms with Gasteiger partial charge in [0.1, 0.15) is 0 Å². The van der Waals surface area contributed by atoms with Crippen LogP contribution in [0.5, 0.6) is 0 Å². The Kier molecular flexibility index (Phi) is 4.24. The first-order valence-corrected chi connectivity index (χ1v) is 8.20. The third-order valence-electron chi connectivity index (χ3n) is 3.39. The van der Waals surface area contributed by atoms with Gasteiger partial charge in [-0.15, -0.1) is 0 Å². The molecule has 0 amide bonds. The lowest BCUT2D eigenvalue weighted by molar-refractivity contribution is -0.215. The average molecular weight is 320 g/mol. The van der Waals surface area contributed by atoms with Crippen LogP contribution in [-0.2, 0) is 28.6 Å². The molecule has 1 spiro atoms. The molecule has 112 valence electrons. The molecule has 0 saturated carbocycles. The van der Waals surface area contributed by atoms with E-state index in [0.717, 1.165) is 23.5 Å². The Morgan fingerprint density at radius 2 is 1.85 bits per heavy atom. The number of thioether (sulfide) groups is 2. The van der Waals surface area contributed by atoms with Gasteiger partial charge in [-0.2, -0.15) is 0 Å². The lowest BCUT2D eigenvalue weighted by Crippen LogP contribution is -2.52. The molecule has 0 aromatic rings. The van der Waals surface area contributed by atoms with Crippen LogP contribution in [-0.4, -0.2) is 33.5 Å². The normalized spacial score (nSPS) is 27.1. The zero-order valence-corrected chi connectivity index (χ0v) is 13.1. The highest BCUT2D eigenvalue weighted by molar-refractivity contribution is 8.21. The molecule has 6 nitrogen and oxygen atoms in total. The third-order valence-corrected chi connectivity index (χ3v) is 6.22. The van der Waals surface area contributed by atoms with Crippen LogP contribution in [0.2, 0.25) is 0 Å². The van der Waals surface area contributed by atoms with E-state index in [1.807, 2.05) is 0 Å². The molecule has 0 aromatic carbocycles. The Hall–Kier alpha value is -0.890. The van der Waals surface area contributed by atoms with E-state index in [1.165, 1.54) is 6.92 Å². The Morgan fingerprint density at radius 3 is 2.30 bits per heavy atom. The zero-order chi connectivity index (χ0) is 15.0. The number of carbonyl (C=O) groups excluding carboxylic acids is 3. The Balaban J connectivity index is 2.13. The summed E-state index contributed by atoms with van der Waals surface area (Å²) >= 11 is 2.17. The molecule has 0 aliphatic carbocycles. The van der Waals surface area contributed by atoms with Crippen molar-refractivity contribution in [2.24, 2.45) is 5.41 Å². The SMILES string of the molecule is CCC1(CC)C(=O)OC2(OC1=O)SCC(OC(C)=O)S2. The lowest BCUT2D eigenvalue weighted by Gasteiger charge is -2.39. The third kappa shape index (κ3) is 2.50. The summed E-state index contributed by atoms with van der Waals surface area (Å²) in [6.07, 6.45) is 0.667. The van der Waals surface area contributed by atoms with Gasteiger partial charge < -0.3 is 14.2 Å². The average Bonchev–Trinajstić information content (AvgIpc) is 2.72. The second-order valence-corrected chi connectivity index (χ2v) is 7.25. The summed E-state index contributed by atoms with van der Waals surface area (Å²) in [5.74, 6) is -1.16. The topological polar surface area (TPSA) is 78.9 Å². The smallest absolute Gasteiger partial charge is 0.362 e. The Labute approximate surface area is 125 Å². The van der Waals surface area contributed by atoms with Crippen LogP contribution in [0.4, 0.5) is 0 Å². The second-order valence-electron chi connectivity index (χ2n) is 4.54. The number of esters is 3. The highest BCUT2D eigenvalue weighted by Gasteiger charge is 2.61. The molecule has 20 heavy (non-hydrogen) atoms. The predicted octanol–water partition coefficient (Wildman–Crippen LogP) is 1.87. The fourth-order valence-corrected chi connectivity index (χ4v) is 4.81. The van der Waals surface area contributed by atoms with E-state index in [2.05, 4.69) is 0 Å². The maximum atomic E-state index is 12.2. The molecular formula is C12H16O6S2. The highest BCUT2D eigenvalue weighted by atomic mass is 32.2. The molecular weight excluding hydrogens is 304 g/mol. The van der Waals surface area contributed by atoms with Crippen molar-refractivity contribution in [2.45, 2.75) is 43.5 Å². The zero-order valence-electron chi connectivity index (χ0n) is 11.5. The summed E-state index contributed by atoms with van der Waals surface area (Å²) in [6, 6.07) is 0. The minimum atomic E-state index is -1.41. The molecule has 2 aliphatic heterocycles. The molecule has 2 heterocycles. The lowest BCUT2D eigenvalue weighted by atomic mass is 9.82. The summed E-state index contributed by atoms with van der Waals surface area (Å²) in [5, 5.41) is 0. The number of hydrogen-bond acceptors (Lipinski definition) is 8. The van der Waals surface area contributed by atoms with E-state index in [1.54, 1.807) is 13.8 Å². The van der Waals surface area contributed by atoms with E-state index >= 15 is 0 Å². The maximum Gasteiger partial charge on any atom is 0.362 e. The largest absolute Gasteiger partial charge is 0.450 e. The Bertz CT molecular complexity index is 425. The summed E-state index contributed by atoms with van der Waals surface area (Å²) < 4.78 is 14.4. The number of rotatable bonds is 3. The fourth-order valence-electron chi connectivity index (χ4n) is 2.10. The van der Waals surface area contributed by atoms with Crippen LogP contribution in [0.1, 0.15) is 33.6 Å². The van der Waals surface area contributed by atoms with Gasteiger partial charge in [-0.05, 0) is 24.6 Å². The number of hydrogen-bond donors (Lipinski definition) is 0. The molecule has 1 atom stereocenters. The first-order valence-electron chi connectivity index (χ1n) is 6.33. The van der Waals surface area contributed by atoms with Gasteiger partial charge in [0.25, 0.3) is 0 Å². The van der Waals surface area contributed by atoms with Crippen LogP contribution < -0.4 is 0 Å². The summed E-state index contributed by atoms with van der Waals surface area (Å²) in [7, 11) is 0. The van der Waals surface area contributed by atoms with E-state index in [0.29, 0.717) is 18.6 Å². The van der Waals surface area contributed by atoms with Crippen molar-refractivity contribution < 1.29 is 28.6 Å². The van der Waals surface area contributed by atoms with Crippen LogP contribution in [0.3, 0.4) is 0 Å². The van der Waals surface area contributed by atoms with Gasteiger partial charge in [-0.25, -0.2) is 0 Å². The molecule has 2 rings (SSSR count). The van der Waals surface area contributed by atoms with Gasteiger partial charge in [-0.1, -0.05) is 25.6 Å². The van der Waals surface area contributed by atoms with E-state index in [9.17, 15) is 14.4 Å². The van der Waals surface area contributed by atoms with Crippen LogP contribution in [0, 0.1) is 5.41 Å². The quantitative estimate of drug-likeness (QED) is 0.576. The van der Waals surface area contributed by atoms with E-state index in [4.69, 9.17) is 14.2 Å². The Morgan fingerprint density at radius 1 is 1.30 bits per heavy atom. The van der Waals surface area contributed by atoms with Gasteiger partial charge in [0.05, 0.1) is 0 Å². The molecule has 8 heteroatoms.